The molecule has 1 N–H and O–H groups in total. The van der Waals surface area contributed by atoms with Crippen molar-refractivity contribution in [2.45, 2.75) is 37.9 Å². The van der Waals surface area contributed by atoms with E-state index in [2.05, 4.69) is 5.32 Å². The standard InChI is InChI=1S/C16H22BNO3/c1-12(13-5-3-2-4-6-13)18-14(19)15(7-8-15)16(11-17)20-9-10-21-16/h2-6,12H,7-11,17H2,1H3,(H,18,19)/t12-/m1/s1. The van der Waals surface area contributed by atoms with Gasteiger partial charge in [-0.3, -0.25) is 4.79 Å². The van der Waals surface area contributed by atoms with E-state index < -0.39 is 11.2 Å². The van der Waals surface area contributed by atoms with Crippen LogP contribution in [0.5, 0.6) is 0 Å². The molecule has 0 radical (unpaired) electrons. The maximum atomic E-state index is 12.8. The average Bonchev–Trinajstić information content (AvgIpc) is 3.20. The minimum Gasteiger partial charge on any atom is -0.349 e. The van der Waals surface area contributed by atoms with Crippen LogP contribution in [-0.2, 0) is 14.3 Å². The Morgan fingerprint density at radius 3 is 2.43 bits per heavy atom. The van der Waals surface area contributed by atoms with Gasteiger partial charge in [0.05, 0.1) is 19.3 Å². The lowest BCUT2D eigenvalue weighted by molar-refractivity contribution is -0.196. The second-order valence-electron chi connectivity index (χ2n) is 5.99. The van der Waals surface area contributed by atoms with E-state index in [0.29, 0.717) is 19.5 Å². The van der Waals surface area contributed by atoms with Gasteiger partial charge in [0.2, 0.25) is 5.91 Å². The lowest BCUT2D eigenvalue weighted by Crippen LogP contribution is -2.50. The van der Waals surface area contributed by atoms with E-state index in [9.17, 15) is 4.79 Å². The van der Waals surface area contributed by atoms with E-state index in [1.54, 1.807) is 0 Å². The van der Waals surface area contributed by atoms with Crippen LogP contribution in [0, 0.1) is 5.41 Å². The van der Waals surface area contributed by atoms with Gasteiger partial charge >= 0.3 is 0 Å². The van der Waals surface area contributed by atoms with Crippen molar-refractivity contribution in [3.05, 3.63) is 35.9 Å². The van der Waals surface area contributed by atoms with Crippen LogP contribution < -0.4 is 5.32 Å². The molecule has 0 aromatic heterocycles. The highest BCUT2D eigenvalue weighted by molar-refractivity contribution is 6.09. The summed E-state index contributed by atoms with van der Waals surface area (Å²) in [5.41, 5.74) is 0.613. The van der Waals surface area contributed by atoms with Gasteiger partial charge in [-0.05, 0) is 31.6 Å². The summed E-state index contributed by atoms with van der Waals surface area (Å²) in [7, 11) is 2.03. The van der Waals surface area contributed by atoms with Crippen molar-refractivity contribution in [2.75, 3.05) is 13.2 Å². The fraction of sp³-hybridized carbons (Fsp3) is 0.562. The Hall–Kier alpha value is -1.33. The molecule has 1 aromatic carbocycles. The summed E-state index contributed by atoms with van der Waals surface area (Å²) in [4.78, 5) is 12.8. The molecule has 1 amide bonds. The van der Waals surface area contributed by atoms with Crippen LogP contribution in [0.2, 0.25) is 6.32 Å². The molecule has 1 aliphatic carbocycles. The number of carbonyl (C=O) groups is 1. The van der Waals surface area contributed by atoms with E-state index >= 15 is 0 Å². The molecule has 1 saturated heterocycles. The second kappa shape index (κ2) is 5.46. The molecule has 1 aliphatic heterocycles. The predicted octanol–water partition coefficient (Wildman–Crippen LogP) is 1.44. The van der Waals surface area contributed by atoms with E-state index in [1.165, 1.54) is 0 Å². The first kappa shape index (κ1) is 14.6. The monoisotopic (exact) mass is 287 g/mol. The molecule has 4 nitrogen and oxygen atoms in total. The summed E-state index contributed by atoms with van der Waals surface area (Å²) in [6.45, 7) is 3.17. The topological polar surface area (TPSA) is 47.6 Å². The van der Waals surface area contributed by atoms with Gasteiger partial charge in [-0.1, -0.05) is 30.3 Å². The van der Waals surface area contributed by atoms with Crippen LogP contribution in [-0.4, -0.2) is 32.8 Å². The SMILES string of the molecule is BCC1(C2(C(=O)N[C@H](C)c3ccccc3)CC2)OCCO1. The second-order valence-corrected chi connectivity index (χ2v) is 5.99. The third kappa shape index (κ3) is 2.38. The van der Waals surface area contributed by atoms with Crippen molar-refractivity contribution >= 4 is 13.8 Å². The van der Waals surface area contributed by atoms with Crippen LogP contribution in [0.4, 0.5) is 0 Å². The van der Waals surface area contributed by atoms with E-state index in [4.69, 9.17) is 9.47 Å². The molecule has 112 valence electrons. The molecular weight excluding hydrogens is 265 g/mol. The zero-order chi connectivity index (χ0) is 14.9. The third-order valence-corrected chi connectivity index (χ3v) is 4.78. The third-order valence-electron chi connectivity index (χ3n) is 4.78. The molecule has 21 heavy (non-hydrogen) atoms. The molecule has 2 aliphatic rings. The van der Waals surface area contributed by atoms with Gasteiger partial charge in [-0.2, -0.15) is 0 Å². The summed E-state index contributed by atoms with van der Waals surface area (Å²) in [6, 6.07) is 10.0. The first-order chi connectivity index (χ1) is 10.1. The highest BCUT2D eigenvalue weighted by Crippen LogP contribution is 2.59. The number of hydrogen-bond donors (Lipinski definition) is 1. The molecule has 1 atom stereocenters. The average molecular weight is 287 g/mol. The lowest BCUT2D eigenvalue weighted by atomic mass is 9.82. The number of carbonyl (C=O) groups excluding carboxylic acids is 1. The highest BCUT2D eigenvalue weighted by atomic mass is 16.7. The van der Waals surface area contributed by atoms with E-state index in [0.717, 1.165) is 18.4 Å². The summed E-state index contributed by atoms with van der Waals surface area (Å²) in [5, 5.41) is 3.14. The molecule has 0 bridgehead atoms. The largest absolute Gasteiger partial charge is 0.349 e. The van der Waals surface area contributed by atoms with Crippen molar-refractivity contribution in [1.82, 2.24) is 5.32 Å². The Kier molecular flexibility index (Phi) is 3.80. The molecule has 0 unspecified atom stereocenters. The molecule has 1 heterocycles. The quantitative estimate of drug-likeness (QED) is 0.834. The molecule has 2 fully saturated rings. The highest BCUT2D eigenvalue weighted by Gasteiger charge is 2.66. The van der Waals surface area contributed by atoms with Gasteiger partial charge in [-0.15, -0.1) is 0 Å². The summed E-state index contributed by atoms with van der Waals surface area (Å²) in [5.74, 6) is -0.657. The van der Waals surface area contributed by atoms with Gasteiger partial charge in [0, 0.05) is 0 Å². The van der Waals surface area contributed by atoms with Gasteiger partial charge in [0.1, 0.15) is 13.3 Å². The number of hydrogen-bond acceptors (Lipinski definition) is 3. The predicted molar refractivity (Wildman–Crippen MR) is 82.7 cm³/mol. The van der Waals surface area contributed by atoms with Crippen LogP contribution >= 0.6 is 0 Å². The fourth-order valence-electron chi connectivity index (χ4n) is 3.34. The molecule has 1 saturated carbocycles. The molecule has 3 rings (SSSR count). The Morgan fingerprint density at radius 2 is 1.90 bits per heavy atom. The van der Waals surface area contributed by atoms with Gasteiger partial charge in [-0.25, -0.2) is 0 Å². The fourth-order valence-corrected chi connectivity index (χ4v) is 3.34. The Labute approximate surface area is 126 Å². The van der Waals surface area contributed by atoms with Gasteiger partial charge in [0.25, 0.3) is 0 Å². The van der Waals surface area contributed by atoms with E-state index in [1.807, 2.05) is 45.1 Å². The molecule has 5 heteroatoms. The summed E-state index contributed by atoms with van der Waals surface area (Å²) >= 11 is 0. The Balaban J connectivity index is 1.73. The number of benzene rings is 1. The van der Waals surface area contributed by atoms with Crippen LogP contribution in [0.3, 0.4) is 0 Å². The number of rotatable bonds is 5. The summed E-state index contributed by atoms with van der Waals surface area (Å²) in [6.07, 6.45) is 2.39. The van der Waals surface area contributed by atoms with Crippen molar-refractivity contribution in [3.63, 3.8) is 0 Å². The van der Waals surface area contributed by atoms with Gasteiger partial charge in [0.15, 0.2) is 5.79 Å². The maximum Gasteiger partial charge on any atom is 0.232 e. The number of amides is 1. The Morgan fingerprint density at radius 1 is 1.29 bits per heavy atom. The van der Waals surface area contributed by atoms with Crippen LogP contribution in [0.15, 0.2) is 30.3 Å². The van der Waals surface area contributed by atoms with Crippen LogP contribution in [0.25, 0.3) is 0 Å². The van der Waals surface area contributed by atoms with Crippen molar-refractivity contribution in [2.24, 2.45) is 5.41 Å². The van der Waals surface area contributed by atoms with Crippen molar-refractivity contribution in [1.29, 1.82) is 0 Å². The zero-order valence-corrected chi connectivity index (χ0v) is 12.7. The molecular formula is C16H22BNO3. The van der Waals surface area contributed by atoms with Gasteiger partial charge < -0.3 is 14.8 Å². The molecule has 0 spiro atoms. The number of nitrogens with one attached hydrogen (secondary N) is 1. The number of ether oxygens (including phenoxy) is 2. The lowest BCUT2D eigenvalue weighted by Gasteiger charge is -2.35. The van der Waals surface area contributed by atoms with Crippen molar-refractivity contribution < 1.29 is 14.3 Å². The first-order valence-corrected chi connectivity index (χ1v) is 7.77. The minimum atomic E-state index is -0.715. The minimum absolute atomic E-state index is 0.00789. The first-order valence-electron chi connectivity index (χ1n) is 7.77. The molecule has 1 aromatic rings. The van der Waals surface area contributed by atoms with E-state index in [-0.39, 0.29) is 11.9 Å². The van der Waals surface area contributed by atoms with Crippen molar-refractivity contribution in [3.8, 4) is 0 Å². The Bertz CT molecular complexity index is 510. The smallest absolute Gasteiger partial charge is 0.232 e. The normalized spacial score (nSPS) is 23.5. The van der Waals surface area contributed by atoms with Crippen LogP contribution in [0.1, 0.15) is 31.4 Å². The maximum absolute atomic E-state index is 12.8. The zero-order valence-electron chi connectivity index (χ0n) is 12.7. The summed E-state index contributed by atoms with van der Waals surface area (Å²) < 4.78 is 11.7.